The Bertz CT molecular complexity index is 215. The van der Waals surface area contributed by atoms with Gasteiger partial charge < -0.3 is 10.4 Å². The molecular formula is C13H28F2N2O. The van der Waals surface area contributed by atoms with E-state index in [0.29, 0.717) is 19.1 Å². The zero-order valence-electron chi connectivity index (χ0n) is 12.0. The number of hydrogen-bond acceptors (Lipinski definition) is 3. The highest BCUT2D eigenvalue weighted by Gasteiger charge is 2.26. The van der Waals surface area contributed by atoms with Crippen LogP contribution in [0.5, 0.6) is 0 Å². The largest absolute Gasteiger partial charge is 0.395 e. The van der Waals surface area contributed by atoms with E-state index in [-0.39, 0.29) is 18.6 Å². The van der Waals surface area contributed by atoms with E-state index >= 15 is 0 Å². The fraction of sp³-hybridized carbons (Fsp3) is 1.00. The van der Waals surface area contributed by atoms with Gasteiger partial charge in [-0.05, 0) is 11.8 Å². The predicted molar refractivity (Wildman–Crippen MR) is 71.1 cm³/mol. The zero-order chi connectivity index (χ0) is 14.2. The Kier molecular flexibility index (Phi) is 8.65. The fourth-order valence-corrected chi connectivity index (χ4v) is 1.85. The number of hydrogen-bond donors (Lipinski definition) is 2. The maximum absolute atomic E-state index is 12.5. The molecule has 0 rings (SSSR count). The van der Waals surface area contributed by atoms with Crippen molar-refractivity contribution in [3.63, 3.8) is 0 Å². The maximum Gasteiger partial charge on any atom is 0.251 e. The number of alkyl halides is 2. The molecule has 0 bridgehead atoms. The SMILES string of the molecule is CCC(C)(CNC(C)C)CN(CCO)CC(F)F. The first kappa shape index (κ1) is 17.7. The summed E-state index contributed by atoms with van der Waals surface area (Å²) in [6.07, 6.45) is -1.44. The predicted octanol–water partition coefficient (Wildman–Crippen LogP) is 1.96. The molecule has 0 aliphatic rings. The molecule has 0 heterocycles. The van der Waals surface area contributed by atoms with Gasteiger partial charge in [0.2, 0.25) is 0 Å². The molecule has 0 aromatic carbocycles. The molecule has 1 atom stereocenters. The Morgan fingerprint density at radius 2 is 1.94 bits per heavy atom. The van der Waals surface area contributed by atoms with Gasteiger partial charge in [-0.25, -0.2) is 8.78 Å². The number of nitrogens with one attached hydrogen (secondary N) is 1. The third-order valence-electron chi connectivity index (χ3n) is 3.21. The molecule has 0 aromatic rings. The van der Waals surface area contributed by atoms with Gasteiger partial charge in [0.25, 0.3) is 6.43 Å². The molecule has 0 aliphatic carbocycles. The fourth-order valence-electron chi connectivity index (χ4n) is 1.85. The summed E-state index contributed by atoms with van der Waals surface area (Å²) in [5, 5.41) is 12.3. The molecule has 5 heteroatoms. The van der Waals surface area contributed by atoms with Crippen LogP contribution in [0.25, 0.3) is 0 Å². The summed E-state index contributed by atoms with van der Waals surface area (Å²) in [5.41, 5.74) is -0.0473. The van der Waals surface area contributed by atoms with Crippen molar-refractivity contribution in [1.82, 2.24) is 10.2 Å². The minimum Gasteiger partial charge on any atom is -0.395 e. The molecule has 3 nitrogen and oxygen atoms in total. The van der Waals surface area contributed by atoms with Crippen LogP contribution in [0.1, 0.15) is 34.1 Å². The standard InChI is InChI=1S/C13H28F2N2O/c1-5-13(4,9-16-11(2)3)10-17(6-7-18)8-12(14)15/h11-12,16,18H,5-10H2,1-4H3. The third-order valence-corrected chi connectivity index (χ3v) is 3.21. The number of nitrogens with zero attached hydrogens (tertiary/aromatic N) is 1. The van der Waals surface area contributed by atoms with Gasteiger partial charge in [0, 0.05) is 25.7 Å². The van der Waals surface area contributed by atoms with E-state index < -0.39 is 6.43 Å². The van der Waals surface area contributed by atoms with Crippen LogP contribution < -0.4 is 5.32 Å². The second kappa shape index (κ2) is 8.77. The van der Waals surface area contributed by atoms with Crippen molar-refractivity contribution in [3.05, 3.63) is 0 Å². The smallest absolute Gasteiger partial charge is 0.251 e. The van der Waals surface area contributed by atoms with Crippen LogP contribution in [-0.4, -0.2) is 55.3 Å². The topological polar surface area (TPSA) is 35.5 Å². The summed E-state index contributed by atoms with van der Waals surface area (Å²) in [7, 11) is 0. The summed E-state index contributed by atoms with van der Waals surface area (Å²) in [4.78, 5) is 1.65. The van der Waals surface area contributed by atoms with Gasteiger partial charge in [-0.15, -0.1) is 0 Å². The summed E-state index contributed by atoms with van der Waals surface area (Å²) in [5.74, 6) is 0. The quantitative estimate of drug-likeness (QED) is 0.634. The molecule has 0 amide bonds. The van der Waals surface area contributed by atoms with E-state index in [1.165, 1.54) is 0 Å². The van der Waals surface area contributed by atoms with E-state index in [1.54, 1.807) is 4.90 Å². The molecule has 2 N–H and O–H groups in total. The first-order valence-electron chi connectivity index (χ1n) is 6.67. The molecule has 18 heavy (non-hydrogen) atoms. The minimum absolute atomic E-state index is 0.0473. The molecule has 0 spiro atoms. The Morgan fingerprint density at radius 1 is 1.33 bits per heavy atom. The van der Waals surface area contributed by atoms with Gasteiger partial charge in [-0.1, -0.05) is 27.7 Å². The number of aliphatic hydroxyl groups excluding tert-OH is 1. The normalized spacial score (nSPS) is 15.7. The monoisotopic (exact) mass is 266 g/mol. The average Bonchev–Trinajstić information content (AvgIpc) is 2.26. The summed E-state index contributed by atoms with van der Waals surface area (Å²) in [6.45, 7) is 9.64. The highest BCUT2D eigenvalue weighted by Crippen LogP contribution is 2.22. The Balaban J connectivity index is 4.41. The average molecular weight is 266 g/mol. The van der Waals surface area contributed by atoms with E-state index in [9.17, 15) is 8.78 Å². The van der Waals surface area contributed by atoms with E-state index in [0.717, 1.165) is 13.0 Å². The van der Waals surface area contributed by atoms with Crippen LogP contribution in [0, 0.1) is 5.41 Å². The Hall–Kier alpha value is -0.260. The summed E-state index contributed by atoms with van der Waals surface area (Å²) >= 11 is 0. The van der Waals surface area contributed by atoms with Gasteiger partial charge in [-0.2, -0.15) is 0 Å². The summed E-state index contributed by atoms with van der Waals surface area (Å²) in [6, 6.07) is 0.386. The lowest BCUT2D eigenvalue weighted by Gasteiger charge is -2.35. The van der Waals surface area contributed by atoms with Crippen LogP contribution in [0.15, 0.2) is 0 Å². The third kappa shape index (κ3) is 7.95. The minimum atomic E-state index is -2.35. The molecule has 0 fully saturated rings. The van der Waals surface area contributed by atoms with Crippen molar-refractivity contribution in [2.75, 3.05) is 32.8 Å². The highest BCUT2D eigenvalue weighted by molar-refractivity contribution is 4.80. The number of halogens is 2. The van der Waals surface area contributed by atoms with E-state index in [4.69, 9.17) is 5.11 Å². The molecule has 0 aromatic heterocycles. The van der Waals surface area contributed by atoms with Crippen molar-refractivity contribution in [2.45, 2.75) is 46.6 Å². The molecule has 0 radical (unpaired) electrons. The molecule has 0 saturated carbocycles. The zero-order valence-corrected chi connectivity index (χ0v) is 12.0. The van der Waals surface area contributed by atoms with Gasteiger partial charge in [0.15, 0.2) is 0 Å². The van der Waals surface area contributed by atoms with Crippen molar-refractivity contribution < 1.29 is 13.9 Å². The van der Waals surface area contributed by atoms with Crippen molar-refractivity contribution in [3.8, 4) is 0 Å². The van der Waals surface area contributed by atoms with Gasteiger partial charge in [0.1, 0.15) is 0 Å². The van der Waals surface area contributed by atoms with Crippen molar-refractivity contribution in [1.29, 1.82) is 0 Å². The number of rotatable bonds is 10. The highest BCUT2D eigenvalue weighted by atomic mass is 19.3. The molecule has 1 unspecified atom stereocenters. The molecule has 0 aliphatic heterocycles. The van der Waals surface area contributed by atoms with Crippen LogP contribution in [0.4, 0.5) is 8.78 Å². The second-order valence-corrected chi connectivity index (χ2v) is 5.55. The van der Waals surface area contributed by atoms with Crippen LogP contribution >= 0.6 is 0 Å². The molecular weight excluding hydrogens is 238 g/mol. The first-order chi connectivity index (χ1) is 8.33. The molecule has 0 saturated heterocycles. The van der Waals surface area contributed by atoms with Crippen LogP contribution in [0.2, 0.25) is 0 Å². The van der Waals surface area contributed by atoms with Crippen molar-refractivity contribution >= 4 is 0 Å². The summed E-state index contributed by atoms with van der Waals surface area (Å²) < 4.78 is 24.9. The van der Waals surface area contributed by atoms with Crippen LogP contribution in [0.3, 0.4) is 0 Å². The first-order valence-corrected chi connectivity index (χ1v) is 6.67. The van der Waals surface area contributed by atoms with Crippen LogP contribution in [-0.2, 0) is 0 Å². The van der Waals surface area contributed by atoms with Crippen molar-refractivity contribution in [2.24, 2.45) is 5.41 Å². The maximum atomic E-state index is 12.5. The molecule has 110 valence electrons. The van der Waals surface area contributed by atoms with Gasteiger partial charge in [0.05, 0.1) is 13.2 Å². The Morgan fingerprint density at radius 3 is 2.33 bits per heavy atom. The number of aliphatic hydroxyl groups is 1. The van der Waals surface area contributed by atoms with Gasteiger partial charge in [-0.3, -0.25) is 4.90 Å². The lowest BCUT2D eigenvalue weighted by atomic mass is 9.86. The Labute approximate surface area is 110 Å². The lowest BCUT2D eigenvalue weighted by Crippen LogP contribution is -2.45. The lowest BCUT2D eigenvalue weighted by molar-refractivity contribution is 0.0527. The van der Waals surface area contributed by atoms with E-state index in [1.807, 2.05) is 0 Å². The van der Waals surface area contributed by atoms with E-state index in [2.05, 4.69) is 33.0 Å². The second-order valence-electron chi connectivity index (χ2n) is 5.55. The van der Waals surface area contributed by atoms with Gasteiger partial charge >= 0.3 is 0 Å².